The maximum absolute atomic E-state index is 10.9. The van der Waals surface area contributed by atoms with Gasteiger partial charge in [0, 0.05) is 5.56 Å². The molecule has 0 aliphatic heterocycles. The van der Waals surface area contributed by atoms with Crippen molar-refractivity contribution in [3.05, 3.63) is 87.4 Å². The molecule has 9 heteroatoms. The zero-order chi connectivity index (χ0) is 21.5. The smallest absolute Gasteiger partial charge is 0.225 e. The Labute approximate surface area is 196 Å². The van der Waals surface area contributed by atoms with E-state index in [4.69, 9.17) is 34.8 Å². The van der Waals surface area contributed by atoms with Crippen molar-refractivity contribution in [1.82, 2.24) is 15.0 Å². The summed E-state index contributed by atoms with van der Waals surface area (Å²) < 4.78 is 1.02. The van der Waals surface area contributed by atoms with Gasteiger partial charge in [0.25, 0.3) is 0 Å². The van der Waals surface area contributed by atoms with Gasteiger partial charge in [-0.1, -0.05) is 77.0 Å². The molecule has 0 amide bonds. The summed E-state index contributed by atoms with van der Waals surface area (Å²) in [6, 6.07) is 18.4. The number of aromatic hydroxyl groups is 1. The van der Waals surface area contributed by atoms with Crippen LogP contribution in [0.4, 0.5) is 5.13 Å². The van der Waals surface area contributed by atoms with Gasteiger partial charge in [0.2, 0.25) is 5.28 Å². The summed E-state index contributed by atoms with van der Waals surface area (Å²) in [5.41, 5.74) is 1.85. The van der Waals surface area contributed by atoms with Crippen LogP contribution in [0.2, 0.25) is 15.6 Å². The van der Waals surface area contributed by atoms with Crippen LogP contribution in [0.1, 0.15) is 17.2 Å². The van der Waals surface area contributed by atoms with Crippen LogP contribution in [0.3, 0.4) is 0 Å². The van der Waals surface area contributed by atoms with Gasteiger partial charge >= 0.3 is 0 Å². The lowest BCUT2D eigenvalue weighted by Crippen LogP contribution is -2.15. The van der Waals surface area contributed by atoms with E-state index in [9.17, 15) is 5.11 Å². The van der Waals surface area contributed by atoms with Crippen LogP contribution in [-0.4, -0.2) is 20.1 Å². The third kappa shape index (κ3) is 3.77. The normalized spacial score (nSPS) is 12.4. The second-order valence-corrected chi connectivity index (χ2v) is 8.86. The molecule has 154 valence electrons. The molecular formula is C22H13Cl3N4OS. The van der Waals surface area contributed by atoms with Gasteiger partial charge in [-0.05, 0) is 40.6 Å². The van der Waals surface area contributed by atoms with E-state index in [2.05, 4.69) is 20.3 Å². The topological polar surface area (TPSA) is 70.9 Å². The molecule has 5 nitrogen and oxygen atoms in total. The Morgan fingerprint density at radius 2 is 1.52 bits per heavy atom. The van der Waals surface area contributed by atoms with Crippen LogP contribution in [-0.2, 0) is 0 Å². The van der Waals surface area contributed by atoms with Crippen LogP contribution >= 0.6 is 46.1 Å². The highest BCUT2D eigenvalue weighted by molar-refractivity contribution is 7.22. The summed E-state index contributed by atoms with van der Waals surface area (Å²) in [7, 11) is 0. The Morgan fingerprint density at radius 1 is 0.806 bits per heavy atom. The Morgan fingerprint density at radius 3 is 2.29 bits per heavy atom. The summed E-state index contributed by atoms with van der Waals surface area (Å²) >= 11 is 20.4. The molecule has 5 aromatic rings. The monoisotopic (exact) mass is 486 g/mol. The van der Waals surface area contributed by atoms with E-state index in [1.165, 1.54) is 11.3 Å². The second kappa shape index (κ2) is 8.13. The number of benzene rings is 3. The third-order valence-electron chi connectivity index (χ3n) is 4.91. The van der Waals surface area contributed by atoms with E-state index >= 15 is 0 Å². The van der Waals surface area contributed by atoms with E-state index in [-0.39, 0.29) is 21.3 Å². The van der Waals surface area contributed by atoms with Crippen LogP contribution in [0.5, 0.6) is 5.75 Å². The van der Waals surface area contributed by atoms with Gasteiger partial charge in [-0.2, -0.15) is 0 Å². The number of hydrogen-bond donors (Lipinski definition) is 2. The number of thiazole rings is 1. The molecule has 0 aliphatic rings. The number of aromatic nitrogens is 3. The number of para-hydroxylation sites is 1. The van der Waals surface area contributed by atoms with Gasteiger partial charge in [-0.25, -0.2) is 15.0 Å². The molecule has 1 atom stereocenters. The van der Waals surface area contributed by atoms with Gasteiger partial charge in [0.05, 0.1) is 21.8 Å². The van der Waals surface area contributed by atoms with E-state index in [1.54, 1.807) is 6.07 Å². The van der Waals surface area contributed by atoms with Crippen molar-refractivity contribution in [3.8, 4) is 5.75 Å². The Balaban J connectivity index is 1.75. The second-order valence-electron chi connectivity index (χ2n) is 6.77. The molecule has 0 spiro atoms. The SMILES string of the molecule is Oc1ccc2ccccc2c1C(Nc1nc2ccccc2s1)c1c(Cl)nc(Cl)nc1Cl. The average Bonchev–Trinajstić information content (AvgIpc) is 3.15. The van der Waals surface area contributed by atoms with Crippen molar-refractivity contribution in [1.29, 1.82) is 0 Å². The summed E-state index contributed by atoms with van der Waals surface area (Å²) in [5, 5.41) is 16.8. The fraction of sp³-hybridized carbons (Fsp3) is 0.0455. The first-order valence-electron chi connectivity index (χ1n) is 9.22. The predicted octanol–water partition coefficient (Wildman–Crippen LogP) is 7.11. The van der Waals surface area contributed by atoms with Gasteiger partial charge in [0.15, 0.2) is 5.13 Å². The zero-order valence-corrected chi connectivity index (χ0v) is 18.8. The molecule has 0 radical (unpaired) electrons. The molecule has 0 bridgehead atoms. The quantitative estimate of drug-likeness (QED) is 0.209. The molecule has 2 heterocycles. The number of phenols is 1. The lowest BCUT2D eigenvalue weighted by atomic mass is 9.94. The Kier molecular flexibility index (Phi) is 5.32. The van der Waals surface area contributed by atoms with Crippen molar-refractivity contribution in [2.45, 2.75) is 6.04 Å². The number of phenolic OH excluding ortho intramolecular Hbond substituents is 1. The molecule has 0 saturated carbocycles. The first kappa shape index (κ1) is 20.3. The Bertz CT molecular complexity index is 1380. The van der Waals surface area contributed by atoms with Gasteiger partial charge in [-0.3, -0.25) is 0 Å². The standard InChI is InChI=1S/C22H13Cl3N4OS/c23-19-17(20(24)29-21(25)28-19)18(27-22-26-13-7-3-4-8-15(13)31-22)16-12-6-2-1-5-11(12)9-10-14(16)30/h1-10,18,30H,(H,26,27). The van der Waals surface area contributed by atoms with E-state index in [1.807, 2.05) is 54.6 Å². The van der Waals surface area contributed by atoms with Gasteiger partial charge in [-0.15, -0.1) is 0 Å². The third-order valence-corrected chi connectivity index (χ3v) is 6.62. The molecule has 3 aromatic carbocycles. The maximum Gasteiger partial charge on any atom is 0.225 e. The van der Waals surface area contributed by atoms with Crippen molar-refractivity contribution >= 4 is 72.3 Å². The number of halogens is 3. The molecule has 2 aromatic heterocycles. The average molecular weight is 488 g/mol. The number of fused-ring (bicyclic) bond motifs is 2. The summed E-state index contributed by atoms with van der Waals surface area (Å²) in [6.07, 6.45) is 0. The zero-order valence-electron chi connectivity index (χ0n) is 15.7. The molecule has 0 saturated heterocycles. The summed E-state index contributed by atoms with van der Waals surface area (Å²) in [6.45, 7) is 0. The first-order chi connectivity index (χ1) is 15.0. The minimum absolute atomic E-state index is 0.0559. The minimum Gasteiger partial charge on any atom is -0.508 e. The number of hydrogen-bond acceptors (Lipinski definition) is 6. The largest absolute Gasteiger partial charge is 0.508 e. The van der Waals surface area contributed by atoms with E-state index in [0.717, 1.165) is 21.0 Å². The lowest BCUT2D eigenvalue weighted by molar-refractivity contribution is 0.468. The highest BCUT2D eigenvalue weighted by Gasteiger charge is 2.28. The van der Waals surface area contributed by atoms with Crippen LogP contribution < -0.4 is 5.32 Å². The van der Waals surface area contributed by atoms with Crippen LogP contribution in [0, 0.1) is 0 Å². The first-order valence-corrected chi connectivity index (χ1v) is 11.2. The van der Waals surface area contributed by atoms with Crippen LogP contribution in [0.15, 0.2) is 60.7 Å². The maximum atomic E-state index is 10.9. The number of nitrogens with zero attached hydrogens (tertiary/aromatic N) is 3. The van der Waals surface area contributed by atoms with Crippen molar-refractivity contribution in [2.75, 3.05) is 5.32 Å². The Hall–Kier alpha value is -2.64. The fourth-order valence-electron chi connectivity index (χ4n) is 3.56. The van der Waals surface area contributed by atoms with E-state index in [0.29, 0.717) is 16.3 Å². The predicted molar refractivity (Wildman–Crippen MR) is 128 cm³/mol. The van der Waals surface area contributed by atoms with Gasteiger partial charge < -0.3 is 10.4 Å². The molecule has 5 rings (SSSR count). The van der Waals surface area contributed by atoms with Crippen LogP contribution in [0.25, 0.3) is 21.0 Å². The van der Waals surface area contributed by atoms with Gasteiger partial charge in [0.1, 0.15) is 16.1 Å². The highest BCUT2D eigenvalue weighted by atomic mass is 35.5. The summed E-state index contributed by atoms with van der Waals surface area (Å²) in [4.78, 5) is 12.8. The lowest BCUT2D eigenvalue weighted by Gasteiger charge is -2.23. The minimum atomic E-state index is -0.677. The van der Waals surface area contributed by atoms with Crippen molar-refractivity contribution in [2.24, 2.45) is 0 Å². The molecule has 0 fully saturated rings. The molecule has 2 N–H and O–H groups in total. The van der Waals surface area contributed by atoms with E-state index < -0.39 is 6.04 Å². The summed E-state index contributed by atoms with van der Waals surface area (Å²) in [5.74, 6) is 0.0828. The van der Waals surface area contributed by atoms with Crippen molar-refractivity contribution < 1.29 is 5.11 Å². The number of anilines is 1. The number of nitrogens with one attached hydrogen (secondary N) is 1. The molecule has 0 aliphatic carbocycles. The highest BCUT2D eigenvalue weighted by Crippen LogP contribution is 2.42. The molecule has 1 unspecified atom stereocenters. The molecule has 31 heavy (non-hydrogen) atoms. The molecular weight excluding hydrogens is 475 g/mol. The fourth-order valence-corrected chi connectivity index (χ4v) is 5.32. The van der Waals surface area contributed by atoms with Crippen molar-refractivity contribution in [3.63, 3.8) is 0 Å². The number of rotatable bonds is 4.